The van der Waals surface area contributed by atoms with Crippen LogP contribution in [0.15, 0.2) is 54.6 Å². The number of nitrogens with one attached hydrogen (secondary N) is 1. The molecule has 2 aromatic carbocycles. The van der Waals surface area contributed by atoms with Gasteiger partial charge in [0.25, 0.3) is 17.5 Å². The molecule has 36 heavy (non-hydrogen) atoms. The normalized spacial score (nSPS) is 18.1. The Kier molecular flexibility index (Phi) is 9.20. The number of β-lactam (4-membered cyclic amide) rings is 1. The third kappa shape index (κ3) is 6.48. The molecular weight excluding hydrogens is 578 g/mol. The summed E-state index contributed by atoms with van der Waals surface area (Å²) in [6.45, 7) is 3.02. The third-order valence-electron chi connectivity index (χ3n) is 5.38. The molecule has 13 heteroatoms. The Hall–Kier alpha value is -2.83. The van der Waals surface area contributed by atoms with Gasteiger partial charge >= 0.3 is 5.97 Å². The van der Waals surface area contributed by atoms with Crippen LogP contribution in [-0.4, -0.2) is 56.5 Å². The average Bonchev–Trinajstić information content (AvgIpc) is 2.88. The first-order valence-corrected chi connectivity index (χ1v) is 13.8. The van der Waals surface area contributed by atoms with Gasteiger partial charge in [0.15, 0.2) is 6.61 Å². The summed E-state index contributed by atoms with van der Waals surface area (Å²) in [5, 5.41) is 13.4. The molecule has 1 heterocycles. The number of rotatable bonds is 11. The number of nitrogens with zero attached hydrogens (tertiary/aromatic N) is 2. The van der Waals surface area contributed by atoms with Gasteiger partial charge in [0, 0.05) is 12.1 Å². The number of hydrogen-bond acceptors (Lipinski definition) is 8. The number of hydrogen-bond donors (Lipinski definition) is 1. The first-order valence-electron chi connectivity index (χ1n) is 10.7. The molecule has 1 aliphatic rings. The van der Waals surface area contributed by atoms with Crippen LogP contribution in [0.4, 0.5) is 5.69 Å². The van der Waals surface area contributed by atoms with Crippen molar-refractivity contribution in [3.8, 4) is 5.75 Å². The van der Waals surface area contributed by atoms with Crippen molar-refractivity contribution < 1.29 is 28.8 Å². The minimum Gasteiger partial charge on any atom is -0.484 e. The molecule has 2 aromatic rings. The first-order chi connectivity index (χ1) is 17.0. The Labute approximate surface area is 224 Å². The Morgan fingerprint density at radius 2 is 1.86 bits per heavy atom. The van der Waals surface area contributed by atoms with Gasteiger partial charge in [0.1, 0.15) is 29.9 Å². The average molecular weight is 601 g/mol. The number of nitro groups is 1. The number of likely N-dealkylation sites (tertiary alicyclic amines) is 1. The van der Waals surface area contributed by atoms with Crippen LogP contribution in [0.5, 0.6) is 5.75 Å². The quantitative estimate of drug-likeness (QED) is 0.103. The maximum Gasteiger partial charge on any atom is 0.330 e. The van der Waals surface area contributed by atoms with E-state index in [2.05, 4.69) is 20.1 Å². The smallest absolute Gasteiger partial charge is 0.330 e. The summed E-state index contributed by atoms with van der Waals surface area (Å²) in [4.78, 5) is 49.8. The van der Waals surface area contributed by atoms with Gasteiger partial charge in [-0.1, -0.05) is 40.0 Å². The van der Waals surface area contributed by atoms with E-state index in [1.165, 1.54) is 39.4 Å². The van der Waals surface area contributed by atoms with E-state index >= 15 is 0 Å². The number of alkyl halides is 1. The molecule has 1 saturated heterocycles. The lowest BCUT2D eigenvalue weighted by Gasteiger charge is -2.50. The van der Waals surface area contributed by atoms with Crippen LogP contribution in [0.1, 0.15) is 19.4 Å². The number of benzene rings is 2. The van der Waals surface area contributed by atoms with Crippen molar-refractivity contribution in [2.24, 2.45) is 0 Å². The number of para-hydroxylation sites is 1. The molecular formula is C23H23BrClN3O7S. The van der Waals surface area contributed by atoms with Crippen LogP contribution < -0.4 is 10.1 Å². The SMILES string of the molecule is CC(C)(SBr)C(C(=O)OCc1ccc([N+](=O)[O-])cc1)N1C(=O)C(NC(=O)COc2ccccc2)C1Cl. The predicted octanol–water partition coefficient (Wildman–Crippen LogP) is 3.80. The summed E-state index contributed by atoms with van der Waals surface area (Å²) in [7, 11) is 1.17. The molecule has 192 valence electrons. The highest BCUT2D eigenvalue weighted by atomic mass is 79.9. The maximum absolute atomic E-state index is 13.1. The van der Waals surface area contributed by atoms with Crippen molar-refractivity contribution in [2.45, 2.75) is 42.8 Å². The van der Waals surface area contributed by atoms with Gasteiger partial charge in [-0.05, 0) is 58.5 Å². The second-order valence-electron chi connectivity index (χ2n) is 8.38. The second-order valence-corrected chi connectivity index (χ2v) is 11.0. The van der Waals surface area contributed by atoms with E-state index in [0.717, 1.165) is 0 Å². The Bertz CT molecular complexity index is 1120. The van der Waals surface area contributed by atoms with Gasteiger partial charge in [-0.2, -0.15) is 0 Å². The summed E-state index contributed by atoms with van der Waals surface area (Å²) >= 11 is 9.75. The van der Waals surface area contributed by atoms with Gasteiger partial charge in [0.05, 0.1) is 9.67 Å². The number of esters is 1. The fraction of sp³-hybridized carbons (Fsp3) is 0.348. The number of halogens is 2. The largest absolute Gasteiger partial charge is 0.484 e. The lowest BCUT2D eigenvalue weighted by molar-refractivity contribution is -0.384. The van der Waals surface area contributed by atoms with Crippen LogP contribution in [0.25, 0.3) is 0 Å². The lowest BCUT2D eigenvalue weighted by atomic mass is 9.95. The fourth-order valence-corrected chi connectivity index (χ4v) is 4.69. The number of ether oxygens (including phenoxy) is 2. The maximum atomic E-state index is 13.1. The van der Waals surface area contributed by atoms with Crippen LogP contribution in [0.3, 0.4) is 0 Å². The fourth-order valence-electron chi connectivity index (χ4n) is 3.48. The zero-order chi connectivity index (χ0) is 26.5. The Morgan fingerprint density at radius 3 is 2.42 bits per heavy atom. The van der Waals surface area contributed by atoms with Crippen molar-refractivity contribution in [3.05, 3.63) is 70.3 Å². The highest BCUT2D eigenvalue weighted by molar-refractivity contribution is 9.50. The summed E-state index contributed by atoms with van der Waals surface area (Å²) in [5.74, 6) is -1.27. The van der Waals surface area contributed by atoms with Crippen molar-refractivity contribution in [2.75, 3.05) is 6.61 Å². The molecule has 0 saturated carbocycles. The Balaban J connectivity index is 1.63. The van der Waals surface area contributed by atoms with Crippen molar-refractivity contribution in [3.63, 3.8) is 0 Å². The number of carbonyl (C=O) groups is 3. The minimum absolute atomic E-state index is 0.0850. The van der Waals surface area contributed by atoms with E-state index in [-0.39, 0.29) is 18.9 Å². The number of nitro benzene ring substituents is 1. The molecule has 0 bridgehead atoms. The summed E-state index contributed by atoms with van der Waals surface area (Å²) in [6.07, 6.45) is 0. The predicted molar refractivity (Wildman–Crippen MR) is 138 cm³/mol. The molecule has 10 nitrogen and oxygen atoms in total. The molecule has 1 aliphatic heterocycles. The number of carbonyl (C=O) groups excluding carboxylic acids is 3. The molecule has 0 aliphatic carbocycles. The van der Waals surface area contributed by atoms with Crippen molar-refractivity contribution in [1.82, 2.24) is 10.2 Å². The Morgan fingerprint density at radius 1 is 1.22 bits per heavy atom. The molecule has 3 unspecified atom stereocenters. The van der Waals surface area contributed by atoms with E-state index in [9.17, 15) is 24.5 Å². The number of amides is 2. The van der Waals surface area contributed by atoms with Crippen molar-refractivity contribution >= 4 is 60.1 Å². The summed E-state index contributed by atoms with van der Waals surface area (Å²) in [5.41, 5.74) is -0.537. The van der Waals surface area contributed by atoms with E-state index in [0.29, 0.717) is 11.3 Å². The van der Waals surface area contributed by atoms with E-state index in [4.69, 9.17) is 21.1 Å². The molecule has 1 N–H and O–H groups in total. The van der Waals surface area contributed by atoms with E-state index in [1.54, 1.807) is 38.1 Å². The highest BCUT2D eigenvalue weighted by Crippen LogP contribution is 2.41. The molecule has 3 atom stereocenters. The van der Waals surface area contributed by atoms with Gasteiger partial charge < -0.3 is 19.7 Å². The van der Waals surface area contributed by atoms with Gasteiger partial charge in [-0.25, -0.2) is 4.79 Å². The topological polar surface area (TPSA) is 128 Å². The van der Waals surface area contributed by atoms with Crippen molar-refractivity contribution in [1.29, 1.82) is 0 Å². The van der Waals surface area contributed by atoms with E-state index < -0.39 is 45.0 Å². The van der Waals surface area contributed by atoms with Crippen LogP contribution in [0, 0.1) is 10.1 Å². The van der Waals surface area contributed by atoms with Crippen LogP contribution in [0.2, 0.25) is 0 Å². The highest BCUT2D eigenvalue weighted by Gasteiger charge is 2.56. The van der Waals surface area contributed by atoms with Crippen LogP contribution >= 0.6 is 36.6 Å². The first kappa shape index (κ1) is 27.8. The van der Waals surface area contributed by atoms with Crippen LogP contribution in [-0.2, 0) is 25.7 Å². The number of non-ortho nitro benzene ring substituents is 1. The summed E-state index contributed by atoms with van der Waals surface area (Å²) in [6, 6.07) is 12.2. The molecule has 1 fully saturated rings. The second kappa shape index (κ2) is 11.9. The standard InChI is InChI=1S/C23H23BrClN3O7S/c1-23(2,36-24)19(22(31)35-12-14-8-10-15(11-9-14)28(32)33)27-20(25)18(21(27)30)26-17(29)13-34-16-6-4-3-5-7-16/h3-11,18-20H,12-13H2,1-2H3,(H,26,29). The lowest BCUT2D eigenvalue weighted by Crippen LogP contribution is -2.74. The molecule has 2 amide bonds. The third-order valence-corrected chi connectivity index (χ3v) is 8.96. The van der Waals surface area contributed by atoms with E-state index in [1.807, 2.05) is 6.07 Å². The van der Waals surface area contributed by atoms with Gasteiger partial charge in [-0.3, -0.25) is 19.7 Å². The van der Waals surface area contributed by atoms with Gasteiger partial charge in [-0.15, -0.1) is 0 Å². The minimum atomic E-state index is -1.08. The molecule has 0 spiro atoms. The molecule has 0 aromatic heterocycles. The zero-order valence-electron chi connectivity index (χ0n) is 19.3. The molecule has 0 radical (unpaired) electrons. The van der Waals surface area contributed by atoms with Gasteiger partial charge in [0.2, 0.25) is 0 Å². The summed E-state index contributed by atoms with van der Waals surface area (Å²) < 4.78 is 9.97. The molecule has 3 rings (SSSR count). The monoisotopic (exact) mass is 599 g/mol. The zero-order valence-corrected chi connectivity index (χ0v) is 22.4.